The van der Waals surface area contributed by atoms with Crippen molar-refractivity contribution in [3.8, 4) is 0 Å². The predicted molar refractivity (Wildman–Crippen MR) is 70.6 cm³/mol. The van der Waals surface area contributed by atoms with Gasteiger partial charge in [0.05, 0.1) is 11.0 Å². The summed E-state index contributed by atoms with van der Waals surface area (Å²) >= 11 is 0. The molecule has 0 aliphatic carbocycles. The van der Waals surface area contributed by atoms with Gasteiger partial charge in [0.1, 0.15) is 5.82 Å². The minimum atomic E-state index is -0.739. The summed E-state index contributed by atoms with van der Waals surface area (Å²) in [5.74, 6) is 0.391. The number of hydrogen-bond acceptors (Lipinski definition) is 2. The molecule has 2 aromatic rings. The van der Waals surface area contributed by atoms with Crippen LogP contribution in [0.15, 0.2) is 18.2 Å². The van der Waals surface area contributed by atoms with Gasteiger partial charge in [-0.2, -0.15) is 0 Å². The van der Waals surface area contributed by atoms with Crippen LogP contribution in [0.3, 0.4) is 0 Å². The molecule has 2 rings (SSSR count). The maximum atomic E-state index is 10.6. The highest BCUT2D eigenvalue weighted by Gasteiger charge is 2.10. The summed E-state index contributed by atoms with van der Waals surface area (Å²) < 4.78 is 2.06. The highest BCUT2D eigenvalue weighted by atomic mass is 16.4. The third-order valence-corrected chi connectivity index (χ3v) is 3.28. The van der Waals surface area contributed by atoms with E-state index in [1.807, 2.05) is 20.9 Å². The molecule has 0 bridgehead atoms. The quantitative estimate of drug-likeness (QED) is 0.902. The zero-order chi connectivity index (χ0) is 13.3. The standard InChI is InChI=1S/C14H18N2O2/c1-9(7-14(17)18)6-11-4-5-13-12(8-11)15-10(2)16(13)3/h4-5,8-9H,6-7H2,1-3H3,(H,17,18). The smallest absolute Gasteiger partial charge is 0.303 e. The zero-order valence-electron chi connectivity index (χ0n) is 11.0. The van der Waals surface area contributed by atoms with Gasteiger partial charge in [0.15, 0.2) is 0 Å². The first-order valence-corrected chi connectivity index (χ1v) is 6.11. The Morgan fingerprint density at radius 1 is 1.50 bits per heavy atom. The molecule has 4 nitrogen and oxygen atoms in total. The number of benzene rings is 1. The first-order chi connectivity index (χ1) is 8.47. The Morgan fingerprint density at radius 2 is 2.22 bits per heavy atom. The Hall–Kier alpha value is -1.84. The van der Waals surface area contributed by atoms with Crippen molar-refractivity contribution >= 4 is 17.0 Å². The fourth-order valence-corrected chi connectivity index (χ4v) is 2.27. The maximum absolute atomic E-state index is 10.6. The van der Waals surface area contributed by atoms with Crippen molar-refractivity contribution in [3.63, 3.8) is 0 Å². The monoisotopic (exact) mass is 246 g/mol. The number of carbonyl (C=O) groups is 1. The lowest BCUT2D eigenvalue weighted by Gasteiger charge is -2.08. The van der Waals surface area contributed by atoms with Gasteiger partial charge < -0.3 is 9.67 Å². The fourth-order valence-electron chi connectivity index (χ4n) is 2.27. The molecular formula is C14H18N2O2. The van der Waals surface area contributed by atoms with E-state index in [1.165, 1.54) is 0 Å². The van der Waals surface area contributed by atoms with Crippen LogP contribution in [-0.2, 0) is 18.3 Å². The normalized spacial score (nSPS) is 12.8. The van der Waals surface area contributed by atoms with Crippen LogP contribution in [0.25, 0.3) is 11.0 Å². The van der Waals surface area contributed by atoms with Crippen LogP contribution >= 0.6 is 0 Å². The van der Waals surface area contributed by atoms with Crippen LogP contribution in [-0.4, -0.2) is 20.6 Å². The van der Waals surface area contributed by atoms with Gasteiger partial charge in [-0.15, -0.1) is 0 Å². The molecule has 1 atom stereocenters. The predicted octanol–water partition coefficient (Wildman–Crippen LogP) is 2.54. The summed E-state index contributed by atoms with van der Waals surface area (Å²) in [5.41, 5.74) is 3.24. The van der Waals surface area contributed by atoms with Crippen molar-refractivity contribution < 1.29 is 9.90 Å². The van der Waals surface area contributed by atoms with E-state index in [4.69, 9.17) is 5.11 Å². The van der Waals surface area contributed by atoms with Crippen LogP contribution in [0.2, 0.25) is 0 Å². The lowest BCUT2D eigenvalue weighted by molar-refractivity contribution is -0.137. The van der Waals surface area contributed by atoms with Gasteiger partial charge in [-0.3, -0.25) is 4.79 Å². The fraction of sp³-hybridized carbons (Fsp3) is 0.429. The van der Waals surface area contributed by atoms with E-state index in [1.54, 1.807) is 0 Å². The first-order valence-electron chi connectivity index (χ1n) is 6.11. The minimum absolute atomic E-state index is 0.143. The Labute approximate surface area is 106 Å². The van der Waals surface area contributed by atoms with Crippen LogP contribution < -0.4 is 0 Å². The number of aliphatic carboxylic acids is 1. The summed E-state index contributed by atoms with van der Waals surface area (Å²) in [4.78, 5) is 15.1. The number of aromatic nitrogens is 2. The van der Waals surface area contributed by atoms with E-state index >= 15 is 0 Å². The Balaban J connectivity index is 2.22. The molecule has 0 amide bonds. The maximum Gasteiger partial charge on any atom is 0.303 e. The Kier molecular flexibility index (Phi) is 3.36. The molecule has 1 aromatic carbocycles. The van der Waals surface area contributed by atoms with Crippen LogP contribution in [0, 0.1) is 12.8 Å². The van der Waals surface area contributed by atoms with Crippen LogP contribution in [0.5, 0.6) is 0 Å². The van der Waals surface area contributed by atoms with Crippen molar-refractivity contribution in [2.24, 2.45) is 13.0 Å². The van der Waals surface area contributed by atoms with Gasteiger partial charge >= 0.3 is 5.97 Å². The van der Waals surface area contributed by atoms with Gasteiger partial charge in [-0.1, -0.05) is 13.0 Å². The zero-order valence-corrected chi connectivity index (χ0v) is 11.0. The van der Waals surface area contributed by atoms with E-state index < -0.39 is 5.97 Å². The van der Waals surface area contributed by atoms with E-state index in [0.717, 1.165) is 28.8 Å². The lowest BCUT2D eigenvalue weighted by Crippen LogP contribution is -2.06. The molecule has 0 aliphatic heterocycles. The average Bonchev–Trinajstić information content (AvgIpc) is 2.53. The molecule has 18 heavy (non-hydrogen) atoms. The van der Waals surface area contributed by atoms with Gasteiger partial charge in [-0.25, -0.2) is 4.98 Å². The van der Waals surface area contributed by atoms with E-state index in [2.05, 4.69) is 27.8 Å². The molecule has 0 saturated carbocycles. The molecule has 1 aromatic heterocycles. The summed E-state index contributed by atoms with van der Waals surface area (Å²) in [6.45, 7) is 3.94. The summed E-state index contributed by atoms with van der Waals surface area (Å²) in [6, 6.07) is 6.17. The number of carboxylic acid groups (broad SMARTS) is 1. The number of hydrogen-bond donors (Lipinski definition) is 1. The van der Waals surface area contributed by atoms with Crippen molar-refractivity contribution in [3.05, 3.63) is 29.6 Å². The molecule has 0 saturated heterocycles. The van der Waals surface area contributed by atoms with Crippen LogP contribution in [0.4, 0.5) is 0 Å². The molecule has 96 valence electrons. The van der Waals surface area contributed by atoms with Gasteiger partial charge in [0, 0.05) is 13.5 Å². The van der Waals surface area contributed by atoms with E-state index in [-0.39, 0.29) is 12.3 Å². The number of nitrogens with zero attached hydrogens (tertiary/aromatic N) is 2. The first kappa shape index (κ1) is 12.6. The molecule has 0 fully saturated rings. The number of aryl methyl sites for hydroxylation is 2. The molecule has 1 N–H and O–H groups in total. The average molecular weight is 246 g/mol. The highest BCUT2D eigenvalue weighted by Crippen LogP contribution is 2.19. The van der Waals surface area contributed by atoms with Gasteiger partial charge in [-0.05, 0) is 37.0 Å². The molecular weight excluding hydrogens is 228 g/mol. The molecule has 1 heterocycles. The third-order valence-electron chi connectivity index (χ3n) is 3.28. The summed E-state index contributed by atoms with van der Waals surface area (Å²) in [7, 11) is 2.00. The number of imidazole rings is 1. The van der Waals surface area contributed by atoms with Gasteiger partial charge in [0.2, 0.25) is 0 Å². The number of carboxylic acids is 1. The molecule has 4 heteroatoms. The van der Waals surface area contributed by atoms with Crippen molar-refractivity contribution in [1.29, 1.82) is 0 Å². The van der Waals surface area contributed by atoms with E-state index in [9.17, 15) is 4.79 Å². The molecule has 0 spiro atoms. The van der Waals surface area contributed by atoms with Crippen molar-refractivity contribution in [2.75, 3.05) is 0 Å². The largest absolute Gasteiger partial charge is 0.481 e. The highest BCUT2D eigenvalue weighted by molar-refractivity contribution is 5.76. The second-order valence-electron chi connectivity index (χ2n) is 4.95. The number of fused-ring (bicyclic) bond motifs is 1. The lowest BCUT2D eigenvalue weighted by atomic mass is 9.98. The minimum Gasteiger partial charge on any atom is -0.481 e. The molecule has 0 aliphatic rings. The second kappa shape index (κ2) is 4.80. The SMILES string of the molecule is Cc1nc2cc(CC(C)CC(=O)O)ccc2n1C. The topological polar surface area (TPSA) is 55.1 Å². The molecule has 0 radical (unpaired) electrons. The second-order valence-corrected chi connectivity index (χ2v) is 4.95. The summed E-state index contributed by atoms with van der Waals surface area (Å²) in [5, 5.41) is 8.76. The molecule has 1 unspecified atom stereocenters. The van der Waals surface area contributed by atoms with Gasteiger partial charge in [0.25, 0.3) is 0 Å². The number of rotatable bonds is 4. The van der Waals surface area contributed by atoms with Crippen LogP contribution in [0.1, 0.15) is 24.7 Å². The Morgan fingerprint density at radius 3 is 2.89 bits per heavy atom. The van der Waals surface area contributed by atoms with E-state index in [0.29, 0.717) is 0 Å². The Bertz CT molecular complexity index is 587. The summed E-state index contributed by atoms with van der Waals surface area (Å²) in [6.07, 6.45) is 0.983. The third kappa shape index (κ3) is 2.53. The van der Waals surface area contributed by atoms with Crippen molar-refractivity contribution in [1.82, 2.24) is 9.55 Å². The van der Waals surface area contributed by atoms with Crippen molar-refractivity contribution in [2.45, 2.75) is 26.7 Å².